The third-order valence-corrected chi connectivity index (χ3v) is 3.41. The number of rotatable bonds is 3. The second kappa shape index (κ2) is 4.35. The van der Waals surface area contributed by atoms with Crippen LogP contribution < -0.4 is 0 Å². The first-order chi connectivity index (χ1) is 6.94. The molecule has 0 saturated heterocycles. The molecule has 15 heavy (non-hydrogen) atoms. The molecule has 82 valence electrons. The summed E-state index contributed by atoms with van der Waals surface area (Å²) in [5.41, 5.74) is -0.104. The van der Waals surface area contributed by atoms with Crippen molar-refractivity contribution < 1.29 is 9.13 Å². The molecule has 1 aromatic heterocycles. The topological polar surface area (TPSA) is 85.5 Å². The molecule has 0 aromatic carbocycles. The molecule has 0 N–H and O–H groups in total. The Labute approximate surface area is 87.7 Å². The van der Waals surface area contributed by atoms with Crippen LogP contribution in [-0.4, -0.2) is 26.1 Å². The van der Waals surface area contributed by atoms with Gasteiger partial charge in [-0.05, 0) is 6.07 Å². The van der Waals surface area contributed by atoms with Gasteiger partial charge in [-0.2, -0.15) is 4.36 Å². The molecule has 7 heteroatoms. The molecule has 0 spiro atoms. The minimum absolute atomic E-state index is 0.104. The van der Waals surface area contributed by atoms with Crippen molar-refractivity contribution in [2.24, 2.45) is 4.36 Å². The highest BCUT2D eigenvalue weighted by Gasteiger charge is 2.05. The summed E-state index contributed by atoms with van der Waals surface area (Å²) < 4.78 is 15.5. The molecular formula is C8H11N3O3S. The van der Waals surface area contributed by atoms with Gasteiger partial charge in [-0.25, -0.2) is 9.19 Å². The van der Waals surface area contributed by atoms with E-state index < -0.39 is 14.7 Å². The van der Waals surface area contributed by atoms with Crippen molar-refractivity contribution in [2.75, 3.05) is 12.0 Å². The normalized spacial score (nSPS) is 14.3. The van der Waals surface area contributed by atoms with Crippen molar-refractivity contribution in [3.63, 3.8) is 0 Å². The summed E-state index contributed by atoms with van der Waals surface area (Å²) in [5, 5.41) is 10.3. The molecule has 1 aromatic rings. The average molecular weight is 229 g/mol. The lowest BCUT2D eigenvalue weighted by atomic mass is 10.4. The summed E-state index contributed by atoms with van der Waals surface area (Å²) in [7, 11) is -2.26. The molecular weight excluding hydrogens is 218 g/mol. The van der Waals surface area contributed by atoms with Gasteiger partial charge in [0.2, 0.25) is 0 Å². The van der Waals surface area contributed by atoms with Gasteiger partial charge in [0, 0.05) is 18.1 Å². The second-order valence-electron chi connectivity index (χ2n) is 2.97. The predicted octanol–water partition coefficient (Wildman–Crippen LogP) is 1.74. The quantitative estimate of drug-likeness (QED) is 0.583. The first-order valence-corrected chi connectivity index (χ1v) is 6.34. The van der Waals surface area contributed by atoms with E-state index in [-0.39, 0.29) is 11.5 Å². The van der Waals surface area contributed by atoms with Crippen LogP contribution in [0.3, 0.4) is 0 Å². The zero-order valence-corrected chi connectivity index (χ0v) is 9.23. The smallest absolute Gasteiger partial charge is 0.258 e. The average Bonchev–Trinajstić information content (AvgIpc) is 2.18. The number of pyridine rings is 1. The Morgan fingerprint density at radius 1 is 1.60 bits per heavy atom. The lowest BCUT2D eigenvalue weighted by Crippen LogP contribution is -1.98. The van der Waals surface area contributed by atoms with Crippen LogP contribution in [0.5, 0.6) is 0 Å². The minimum Gasteiger partial charge on any atom is -0.258 e. The number of hydrogen-bond donors (Lipinski definition) is 0. The molecule has 0 saturated carbocycles. The van der Waals surface area contributed by atoms with E-state index in [0.717, 1.165) is 6.20 Å². The van der Waals surface area contributed by atoms with Gasteiger partial charge in [-0.15, -0.1) is 0 Å². The number of nitro groups is 1. The van der Waals surface area contributed by atoms with Crippen LogP contribution in [0.2, 0.25) is 0 Å². The van der Waals surface area contributed by atoms with Crippen molar-refractivity contribution >= 4 is 21.2 Å². The fraction of sp³-hybridized carbons (Fsp3) is 0.375. The van der Waals surface area contributed by atoms with Crippen LogP contribution >= 0.6 is 0 Å². The van der Waals surface area contributed by atoms with E-state index in [0.29, 0.717) is 5.75 Å². The third kappa shape index (κ3) is 3.28. The number of nitrogens with zero attached hydrogens (tertiary/aromatic N) is 3. The monoisotopic (exact) mass is 229 g/mol. The first kappa shape index (κ1) is 11.6. The van der Waals surface area contributed by atoms with Crippen LogP contribution in [0, 0.1) is 10.1 Å². The van der Waals surface area contributed by atoms with E-state index in [1.807, 2.05) is 0 Å². The standard InChI is InChI=1S/C8H11N3O3S/c1-3-15(2,14)10-8-5-4-7(6-9-8)11(12)13/h4-6H,3H2,1-2H3/t15-/m0/s1. The Bertz CT molecular complexity index is 474. The van der Waals surface area contributed by atoms with Gasteiger partial charge in [0.25, 0.3) is 5.69 Å². The fourth-order valence-corrected chi connectivity index (χ4v) is 1.44. The van der Waals surface area contributed by atoms with E-state index in [1.54, 1.807) is 6.92 Å². The number of aromatic nitrogens is 1. The Balaban J connectivity index is 3.06. The van der Waals surface area contributed by atoms with Gasteiger partial charge < -0.3 is 0 Å². The third-order valence-electron chi connectivity index (χ3n) is 1.77. The van der Waals surface area contributed by atoms with Crippen molar-refractivity contribution in [3.8, 4) is 0 Å². The largest absolute Gasteiger partial charge is 0.287 e. The van der Waals surface area contributed by atoms with E-state index in [2.05, 4.69) is 9.35 Å². The molecule has 1 rings (SSSR count). The van der Waals surface area contributed by atoms with Gasteiger partial charge in [0.05, 0.1) is 14.7 Å². The van der Waals surface area contributed by atoms with Gasteiger partial charge in [0.1, 0.15) is 6.20 Å². The van der Waals surface area contributed by atoms with Crippen LogP contribution in [0.1, 0.15) is 6.92 Å². The molecule has 0 unspecified atom stereocenters. The van der Waals surface area contributed by atoms with Crippen molar-refractivity contribution in [1.82, 2.24) is 4.98 Å². The summed E-state index contributed by atoms with van der Waals surface area (Å²) in [6.45, 7) is 1.76. The Morgan fingerprint density at radius 2 is 2.27 bits per heavy atom. The lowest BCUT2D eigenvalue weighted by molar-refractivity contribution is -0.385. The Kier molecular flexibility index (Phi) is 3.35. The van der Waals surface area contributed by atoms with Crippen molar-refractivity contribution in [1.29, 1.82) is 0 Å². The van der Waals surface area contributed by atoms with E-state index in [4.69, 9.17) is 0 Å². The highest BCUT2D eigenvalue weighted by atomic mass is 32.2. The Morgan fingerprint density at radius 3 is 2.67 bits per heavy atom. The molecule has 0 aliphatic rings. The summed E-state index contributed by atoms with van der Waals surface area (Å²) in [5.74, 6) is 0.682. The fourth-order valence-electron chi connectivity index (χ4n) is 0.803. The van der Waals surface area contributed by atoms with Gasteiger partial charge in [0.15, 0.2) is 5.82 Å². The predicted molar refractivity (Wildman–Crippen MR) is 57.6 cm³/mol. The number of hydrogen-bond acceptors (Lipinski definition) is 5. The maximum atomic E-state index is 11.6. The molecule has 0 aliphatic heterocycles. The van der Waals surface area contributed by atoms with Crippen LogP contribution in [0.25, 0.3) is 0 Å². The minimum atomic E-state index is -2.26. The molecule has 6 nitrogen and oxygen atoms in total. The zero-order chi connectivity index (χ0) is 11.5. The molecule has 0 radical (unpaired) electrons. The highest BCUT2D eigenvalue weighted by molar-refractivity contribution is 7.93. The summed E-state index contributed by atoms with van der Waals surface area (Å²) in [4.78, 5) is 13.5. The first-order valence-electron chi connectivity index (χ1n) is 4.25. The van der Waals surface area contributed by atoms with Gasteiger partial charge >= 0.3 is 0 Å². The molecule has 1 heterocycles. The van der Waals surface area contributed by atoms with E-state index in [9.17, 15) is 14.3 Å². The molecule has 0 aliphatic carbocycles. The van der Waals surface area contributed by atoms with Gasteiger partial charge in [-0.1, -0.05) is 6.92 Å². The highest BCUT2D eigenvalue weighted by Crippen LogP contribution is 2.15. The van der Waals surface area contributed by atoms with E-state index in [1.165, 1.54) is 18.4 Å². The maximum Gasteiger partial charge on any atom is 0.287 e. The summed E-state index contributed by atoms with van der Waals surface area (Å²) >= 11 is 0. The zero-order valence-electron chi connectivity index (χ0n) is 8.41. The van der Waals surface area contributed by atoms with Crippen LogP contribution in [-0.2, 0) is 9.73 Å². The molecule has 1 atom stereocenters. The summed E-state index contributed by atoms with van der Waals surface area (Å²) in [6, 6.07) is 2.67. The van der Waals surface area contributed by atoms with Crippen molar-refractivity contribution in [2.45, 2.75) is 6.92 Å². The molecule has 0 fully saturated rings. The maximum absolute atomic E-state index is 11.6. The van der Waals surface area contributed by atoms with Gasteiger partial charge in [-0.3, -0.25) is 10.1 Å². The molecule has 0 amide bonds. The van der Waals surface area contributed by atoms with Crippen LogP contribution in [0.4, 0.5) is 11.5 Å². The Hall–Kier alpha value is -1.50. The lowest BCUT2D eigenvalue weighted by Gasteiger charge is -1.98. The molecule has 0 bridgehead atoms. The van der Waals surface area contributed by atoms with E-state index >= 15 is 0 Å². The van der Waals surface area contributed by atoms with Crippen LogP contribution in [0.15, 0.2) is 22.7 Å². The second-order valence-corrected chi connectivity index (χ2v) is 5.65. The summed E-state index contributed by atoms with van der Waals surface area (Å²) in [6.07, 6.45) is 2.63. The van der Waals surface area contributed by atoms with Crippen molar-refractivity contribution in [3.05, 3.63) is 28.4 Å². The SMILES string of the molecule is CC[S@](C)(=O)=Nc1ccc([N+](=O)[O-])cn1.